The summed E-state index contributed by atoms with van der Waals surface area (Å²) >= 11 is 1.07. The van der Waals surface area contributed by atoms with Gasteiger partial charge in [0, 0.05) is 37.8 Å². The number of fused-ring (bicyclic) bond motifs is 2. The van der Waals surface area contributed by atoms with Crippen molar-refractivity contribution in [2.45, 2.75) is 33.1 Å². The Hall–Kier alpha value is -2.69. The normalized spacial score (nSPS) is 21.4. The van der Waals surface area contributed by atoms with Crippen LogP contribution < -0.4 is 4.90 Å². The van der Waals surface area contributed by atoms with Gasteiger partial charge in [-0.25, -0.2) is 9.98 Å². The molecule has 1 aromatic rings. The van der Waals surface area contributed by atoms with E-state index in [9.17, 15) is 13.4 Å². The Bertz CT molecular complexity index is 1020. The highest BCUT2D eigenvalue weighted by Gasteiger charge is 2.44. The molecule has 0 bridgehead atoms. The molecule has 3 heterocycles. The van der Waals surface area contributed by atoms with Gasteiger partial charge < -0.3 is 22.8 Å². The number of hydrogen-bond acceptors (Lipinski definition) is 6. The molecule has 11 heteroatoms. The summed E-state index contributed by atoms with van der Waals surface area (Å²) in [6.45, 7) is 4.08. The second kappa shape index (κ2) is 7.86. The minimum atomic E-state index is -4.56. The maximum atomic E-state index is 14.5. The smallest absolute Gasteiger partial charge is 0.627 e. The number of anilines is 1. The molecule has 0 spiro atoms. The van der Waals surface area contributed by atoms with Gasteiger partial charge >= 0.3 is 7.11 Å². The van der Waals surface area contributed by atoms with E-state index in [1.165, 1.54) is 13.1 Å². The van der Waals surface area contributed by atoms with Crippen molar-refractivity contribution in [3.8, 4) is 0 Å². The van der Waals surface area contributed by atoms with E-state index in [-0.39, 0.29) is 16.7 Å². The summed E-state index contributed by atoms with van der Waals surface area (Å²) < 4.78 is 38.9. The number of pyridine rings is 1. The SMILES string of the molecule is CCN(C)c1ccc(C2=C3CCCC4=NC(=NC(C)=O)SC4=C3O[B-](F)(F)O2)cn1. The zero-order chi connectivity index (χ0) is 21.5. The molecular formula is C19H20BF2N4O3S-. The molecule has 7 nitrogen and oxygen atoms in total. The largest absolute Gasteiger partial charge is 0.725 e. The number of rotatable bonds is 3. The van der Waals surface area contributed by atoms with Gasteiger partial charge in [-0.2, -0.15) is 4.99 Å². The van der Waals surface area contributed by atoms with Crippen molar-refractivity contribution < 1.29 is 22.7 Å². The highest BCUT2D eigenvalue weighted by Crippen LogP contribution is 2.46. The second-order valence-electron chi connectivity index (χ2n) is 7.08. The predicted molar refractivity (Wildman–Crippen MR) is 114 cm³/mol. The van der Waals surface area contributed by atoms with Crippen molar-refractivity contribution in [2.75, 3.05) is 18.5 Å². The molecule has 1 amide bonds. The Morgan fingerprint density at radius 1 is 1.30 bits per heavy atom. The van der Waals surface area contributed by atoms with Crippen LogP contribution >= 0.6 is 11.8 Å². The van der Waals surface area contributed by atoms with Crippen LogP contribution in [0.2, 0.25) is 0 Å². The number of aliphatic imine (C=N–C) groups is 2. The first kappa shape index (κ1) is 20.6. The molecule has 0 radical (unpaired) electrons. The summed E-state index contributed by atoms with van der Waals surface area (Å²) in [4.78, 5) is 26.3. The molecular weight excluding hydrogens is 413 g/mol. The van der Waals surface area contributed by atoms with E-state index in [0.717, 1.165) is 24.1 Å². The van der Waals surface area contributed by atoms with Gasteiger partial charge in [-0.05, 0) is 50.1 Å². The number of aromatic nitrogens is 1. The van der Waals surface area contributed by atoms with Crippen molar-refractivity contribution in [3.63, 3.8) is 0 Å². The molecule has 3 aliphatic rings. The minimum Gasteiger partial charge on any atom is -0.627 e. The lowest BCUT2D eigenvalue weighted by Gasteiger charge is -2.38. The molecule has 0 saturated heterocycles. The van der Waals surface area contributed by atoms with E-state index in [1.807, 2.05) is 18.9 Å². The molecule has 4 rings (SSSR count). The highest BCUT2D eigenvalue weighted by molar-refractivity contribution is 8.18. The lowest BCUT2D eigenvalue weighted by Crippen LogP contribution is -2.36. The Morgan fingerprint density at radius 3 is 2.73 bits per heavy atom. The quantitative estimate of drug-likeness (QED) is 0.667. The van der Waals surface area contributed by atoms with Gasteiger partial charge in [0.15, 0.2) is 5.17 Å². The minimum absolute atomic E-state index is 0.0611. The van der Waals surface area contributed by atoms with Gasteiger partial charge in [0.25, 0.3) is 0 Å². The van der Waals surface area contributed by atoms with Gasteiger partial charge in [-0.15, -0.1) is 0 Å². The third-order valence-electron chi connectivity index (χ3n) is 4.92. The van der Waals surface area contributed by atoms with E-state index >= 15 is 0 Å². The Morgan fingerprint density at radius 2 is 2.07 bits per heavy atom. The average Bonchev–Trinajstić information content (AvgIpc) is 3.01. The van der Waals surface area contributed by atoms with Crippen molar-refractivity contribution in [1.82, 2.24) is 4.98 Å². The molecule has 0 N–H and O–H groups in total. The van der Waals surface area contributed by atoms with E-state index in [4.69, 9.17) is 9.31 Å². The summed E-state index contributed by atoms with van der Waals surface area (Å²) in [7, 11) is -2.66. The standard InChI is InChI=1S/C19H20BF2N4O3S/c1-4-26(3)15-9-8-12(10-23-15)16-13-6-5-7-14-18(17(13)29-20(21,22)28-16)30-19(25-14)24-11(2)27/h8-10H,4-7H2,1-3H3/q-1. The van der Waals surface area contributed by atoms with E-state index in [0.29, 0.717) is 41.0 Å². The molecule has 2 aliphatic heterocycles. The summed E-state index contributed by atoms with van der Waals surface area (Å²) in [5.41, 5.74) is 1.62. The van der Waals surface area contributed by atoms with Crippen LogP contribution in [0.4, 0.5) is 14.4 Å². The maximum Gasteiger partial charge on any atom is 0.725 e. The van der Waals surface area contributed by atoms with Crippen LogP contribution in [0, 0.1) is 0 Å². The number of hydrogen-bond donors (Lipinski definition) is 0. The zero-order valence-electron chi connectivity index (χ0n) is 16.8. The van der Waals surface area contributed by atoms with Crippen LogP contribution in [0.25, 0.3) is 5.76 Å². The van der Waals surface area contributed by atoms with Crippen LogP contribution in [0.5, 0.6) is 0 Å². The Kier molecular flexibility index (Phi) is 5.39. The van der Waals surface area contributed by atoms with E-state index in [2.05, 4.69) is 15.0 Å². The fourth-order valence-electron chi connectivity index (χ4n) is 3.41. The lowest BCUT2D eigenvalue weighted by atomic mass is 9.98. The van der Waals surface area contributed by atoms with Gasteiger partial charge in [-0.3, -0.25) is 4.79 Å². The fourth-order valence-corrected chi connectivity index (χ4v) is 4.46. The van der Waals surface area contributed by atoms with Crippen LogP contribution in [-0.4, -0.2) is 42.5 Å². The number of halogens is 2. The predicted octanol–water partition coefficient (Wildman–Crippen LogP) is 4.16. The highest BCUT2D eigenvalue weighted by atomic mass is 32.2. The van der Waals surface area contributed by atoms with Crippen molar-refractivity contribution in [3.05, 3.63) is 40.1 Å². The summed E-state index contributed by atoms with van der Waals surface area (Å²) in [5.74, 6) is 0.476. The average molecular weight is 433 g/mol. The van der Waals surface area contributed by atoms with Crippen LogP contribution in [0.15, 0.2) is 44.6 Å². The van der Waals surface area contributed by atoms with Gasteiger partial charge in [0.1, 0.15) is 5.82 Å². The first-order chi connectivity index (χ1) is 14.3. The summed E-state index contributed by atoms with van der Waals surface area (Å²) in [5, 5.41) is 0.238. The van der Waals surface area contributed by atoms with Crippen LogP contribution in [0.3, 0.4) is 0 Å². The number of nitrogens with zero attached hydrogens (tertiary/aromatic N) is 4. The topological polar surface area (TPSA) is 76.4 Å². The third kappa shape index (κ3) is 3.98. The van der Waals surface area contributed by atoms with E-state index < -0.39 is 13.0 Å². The van der Waals surface area contributed by atoms with Crippen molar-refractivity contribution >= 4 is 47.2 Å². The zero-order valence-corrected chi connectivity index (χ0v) is 17.6. The Labute approximate surface area is 177 Å². The number of amidine groups is 1. The number of carbonyl (C=O) groups is 1. The second-order valence-corrected chi connectivity index (χ2v) is 8.06. The van der Waals surface area contributed by atoms with E-state index in [1.54, 1.807) is 12.1 Å². The lowest BCUT2D eigenvalue weighted by molar-refractivity contribution is -0.115. The summed E-state index contributed by atoms with van der Waals surface area (Å²) in [6.07, 6.45) is 3.28. The Balaban J connectivity index is 1.81. The molecule has 0 unspecified atom stereocenters. The molecule has 158 valence electrons. The molecule has 1 aliphatic carbocycles. The molecule has 0 saturated carbocycles. The van der Waals surface area contributed by atoms with Crippen molar-refractivity contribution in [1.29, 1.82) is 0 Å². The number of carbonyl (C=O) groups excluding carboxylic acids is 1. The first-order valence-electron chi connectivity index (χ1n) is 9.66. The molecule has 0 atom stereocenters. The number of amides is 1. The monoisotopic (exact) mass is 433 g/mol. The maximum absolute atomic E-state index is 14.5. The molecule has 0 aromatic carbocycles. The molecule has 1 aromatic heterocycles. The van der Waals surface area contributed by atoms with Crippen LogP contribution in [0.1, 0.15) is 38.7 Å². The van der Waals surface area contributed by atoms with Gasteiger partial charge in [0.2, 0.25) is 5.91 Å². The van der Waals surface area contributed by atoms with Gasteiger partial charge in [-0.1, -0.05) is 0 Å². The van der Waals surface area contributed by atoms with Crippen LogP contribution in [-0.2, 0) is 14.1 Å². The molecule has 0 fully saturated rings. The summed E-state index contributed by atoms with van der Waals surface area (Å²) in [6, 6.07) is 3.50. The van der Waals surface area contributed by atoms with Crippen molar-refractivity contribution in [2.24, 2.45) is 9.98 Å². The van der Waals surface area contributed by atoms with Gasteiger partial charge in [0.05, 0.1) is 22.1 Å². The molecule has 30 heavy (non-hydrogen) atoms. The number of allylic oxidation sites excluding steroid dienone is 2. The number of thioether (sulfide) groups is 1. The first-order valence-corrected chi connectivity index (χ1v) is 10.5. The third-order valence-corrected chi connectivity index (χ3v) is 5.91. The fraction of sp³-hybridized carbons (Fsp3) is 0.368.